The molecule has 6 heteroatoms. The molecule has 1 aliphatic rings. The van der Waals surface area contributed by atoms with Crippen LogP contribution in [0.1, 0.15) is 30.8 Å². The zero-order valence-electron chi connectivity index (χ0n) is 16.7. The van der Waals surface area contributed by atoms with E-state index in [1.807, 2.05) is 51.1 Å². The molecule has 0 radical (unpaired) electrons. The fourth-order valence-electron chi connectivity index (χ4n) is 3.69. The summed E-state index contributed by atoms with van der Waals surface area (Å²) in [5.41, 5.74) is 5.16. The molecule has 146 valence electrons. The highest BCUT2D eigenvalue weighted by atomic mass is 35.5. The second-order valence-corrected chi connectivity index (χ2v) is 7.13. The third-order valence-corrected chi connectivity index (χ3v) is 5.32. The Hall–Kier alpha value is -2.79. The van der Waals surface area contributed by atoms with Gasteiger partial charge in [0, 0.05) is 34.3 Å². The van der Waals surface area contributed by atoms with Crippen LogP contribution in [0.15, 0.2) is 47.2 Å². The van der Waals surface area contributed by atoms with Crippen LogP contribution in [0.3, 0.4) is 0 Å². The molecule has 2 aromatic rings. The van der Waals surface area contributed by atoms with Crippen LogP contribution in [0, 0.1) is 13.8 Å². The molecule has 2 heterocycles. The molecule has 28 heavy (non-hydrogen) atoms. The minimum Gasteiger partial charge on any atom is -0.465 e. The summed E-state index contributed by atoms with van der Waals surface area (Å²) >= 11 is 6.00. The summed E-state index contributed by atoms with van der Waals surface area (Å²) in [6.45, 7) is 8.13. The van der Waals surface area contributed by atoms with E-state index in [2.05, 4.69) is 4.57 Å². The largest absolute Gasteiger partial charge is 0.465 e. The van der Waals surface area contributed by atoms with Gasteiger partial charge in [0.15, 0.2) is 0 Å². The van der Waals surface area contributed by atoms with Crippen molar-refractivity contribution < 1.29 is 14.3 Å². The van der Waals surface area contributed by atoms with Crippen LogP contribution >= 0.6 is 11.6 Å². The van der Waals surface area contributed by atoms with Crippen molar-refractivity contribution in [1.29, 1.82) is 0 Å². The zero-order valence-corrected chi connectivity index (χ0v) is 17.4. The van der Waals surface area contributed by atoms with Gasteiger partial charge in [0.05, 0.1) is 18.3 Å². The lowest BCUT2D eigenvalue weighted by atomic mass is 10.0. The summed E-state index contributed by atoms with van der Waals surface area (Å²) in [5.74, 6) is -0.684. The van der Waals surface area contributed by atoms with Crippen molar-refractivity contribution in [3.05, 3.63) is 69.1 Å². The molecule has 0 fully saturated rings. The smallest absolute Gasteiger partial charge is 0.340 e. The minimum atomic E-state index is -0.500. The molecule has 0 aliphatic carbocycles. The standard InChI is InChI=1S/C22H23ClN2O3/c1-6-24-15(4)20(22(27)28-5)19(21(24)26)12-16-11-13(2)25(14(16)3)18-9-7-17(23)8-10-18/h7-12H,6H2,1-5H3. The first-order chi connectivity index (χ1) is 13.3. The van der Waals surface area contributed by atoms with Gasteiger partial charge in [0.1, 0.15) is 0 Å². The Morgan fingerprint density at radius 1 is 1.18 bits per heavy atom. The summed E-state index contributed by atoms with van der Waals surface area (Å²) in [4.78, 5) is 26.8. The number of hydrogen-bond donors (Lipinski definition) is 0. The van der Waals surface area contributed by atoms with Crippen molar-refractivity contribution in [2.45, 2.75) is 27.7 Å². The third kappa shape index (κ3) is 3.27. The van der Waals surface area contributed by atoms with Crippen molar-refractivity contribution >= 4 is 29.6 Å². The lowest BCUT2D eigenvalue weighted by Gasteiger charge is -2.14. The fraction of sp³-hybridized carbons (Fsp3) is 0.273. The predicted molar refractivity (Wildman–Crippen MR) is 110 cm³/mol. The van der Waals surface area contributed by atoms with Crippen molar-refractivity contribution in [3.8, 4) is 5.69 Å². The molecule has 5 nitrogen and oxygen atoms in total. The number of amides is 1. The van der Waals surface area contributed by atoms with Crippen LogP contribution in [0.2, 0.25) is 5.02 Å². The molecule has 0 unspecified atom stereocenters. The summed E-state index contributed by atoms with van der Waals surface area (Å²) in [5, 5.41) is 0.674. The van der Waals surface area contributed by atoms with Gasteiger partial charge in [0.25, 0.3) is 5.91 Å². The first-order valence-electron chi connectivity index (χ1n) is 9.08. The number of nitrogens with zero attached hydrogens (tertiary/aromatic N) is 2. The molecule has 0 spiro atoms. The number of hydrogen-bond acceptors (Lipinski definition) is 3. The molecular formula is C22H23ClN2O3. The van der Waals surface area contributed by atoms with E-state index in [1.165, 1.54) is 7.11 Å². The highest BCUT2D eigenvalue weighted by Gasteiger charge is 2.36. The van der Waals surface area contributed by atoms with Crippen LogP contribution < -0.4 is 0 Å². The molecule has 0 N–H and O–H groups in total. The summed E-state index contributed by atoms with van der Waals surface area (Å²) < 4.78 is 7.01. The molecule has 3 rings (SSSR count). The van der Waals surface area contributed by atoms with Crippen LogP contribution in [0.5, 0.6) is 0 Å². The molecule has 1 aliphatic heterocycles. The number of likely N-dealkylation sites (N-methyl/N-ethyl adjacent to an activating group) is 1. The molecule has 0 bridgehead atoms. The maximum absolute atomic E-state index is 12.9. The molecule has 0 saturated heterocycles. The Kier molecular flexibility index (Phi) is 5.47. The molecule has 0 saturated carbocycles. The van der Waals surface area contributed by atoms with Crippen LogP contribution in [-0.2, 0) is 14.3 Å². The van der Waals surface area contributed by atoms with E-state index in [1.54, 1.807) is 17.9 Å². The monoisotopic (exact) mass is 398 g/mol. The predicted octanol–water partition coefficient (Wildman–Crippen LogP) is 4.44. The number of aryl methyl sites for hydroxylation is 1. The number of rotatable bonds is 4. The third-order valence-electron chi connectivity index (χ3n) is 5.07. The maximum atomic E-state index is 12.9. The average Bonchev–Trinajstić information content (AvgIpc) is 3.08. The van der Waals surface area contributed by atoms with E-state index in [4.69, 9.17) is 16.3 Å². The van der Waals surface area contributed by atoms with Crippen molar-refractivity contribution in [3.63, 3.8) is 0 Å². The van der Waals surface area contributed by atoms with Crippen LogP contribution in [0.25, 0.3) is 11.8 Å². The second kappa shape index (κ2) is 7.68. The lowest BCUT2D eigenvalue weighted by molar-refractivity contribution is -0.136. The van der Waals surface area contributed by atoms with E-state index in [9.17, 15) is 9.59 Å². The summed E-state index contributed by atoms with van der Waals surface area (Å²) in [6.07, 6.45) is 1.78. The SMILES string of the molecule is CCN1C(=O)C(=Cc2cc(C)n(-c3ccc(Cl)cc3)c2C)C(C(=O)OC)=C1C. The Labute approximate surface area is 169 Å². The van der Waals surface area contributed by atoms with Gasteiger partial charge in [-0.25, -0.2) is 4.79 Å². The van der Waals surface area contributed by atoms with Gasteiger partial charge in [0.2, 0.25) is 0 Å². The number of methoxy groups -OCH3 is 1. The zero-order chi connectivity index (χ0) is 20.6. The van der Waals surface area contributed by atoms with Gasteiger partial charge in [-0.15, -0.1) is 0 Å². The summed E-state index contributed by atoms with van der Waals surface area (Å²) in [7, 11) is 1.33. The van der Waals surface area contributed by atoms with E-state index >= 15 is 0 Å². The summed E-state index contributed by atoms with van der Waals surface area (Å²) in [6, 6.07) is 9.58. The average molecular weight is 399 g/mol. The normalized spacial score (nSPS) is 15.7. The first-order valence-corrected chi connectivity index (χ1v) is 9.46. The van der Waals surface area contributed by atoms with Crippen molar-refractivity contribution in [2.75, 3.05) is 13.7 Å². The highest BCUT2D eigenvalue weighted by molar-refractivity contribution is 6.30. The number of halogens is 1. The number of aromatic nitrogens is 1. The topological polar surface area (TPSA) is 51.5 Å². The molecular weight excluding hydrogens is 376 g/mol. The molecule has 1 aromatic carbocycles. The van der Waals surface area contributed by atoms with Gasteiger partial charge < -0.3 is 14.2 Å². The molecule has 0 atom stereocenters. The quantitative estimate of drug-likeness (QED) is 0.565. The Balaban J connectivity index is 2.13. The Morgan fingerprint density at radius 3 is 2.39 bits per heavy atom. The molecule has 1 amide bonds. The number of carbonyl (C=O) groups is 2. The van der Waals surface area contributed by atoms with Gasteiger partial charge >= 0.3 is 5.97 Å². The minimum absolute atomic E-state index is 0.184. The highest BCUT2D eigenvalue weighted by Crippen LogP contribution is 2.33. The lowest BCUT2D eigenvalue weighted by Crippen LogP contribution is -2.24. The van der Waals surface area contributed by atoms with Crippen LogP contribution in [0.4, 0.5) is 0 Å². The van der Waals surface area contributed by atoms with E-state index < -0.39 is 5.97 Å². The van der Waals surface area contributed by atoms with Crippen molar-refractivity contribution in [1.82, 2.24) is 9.47 Å². The van der Waals surface area contributed by atoms with Gasteiger partial charge in [-0.2, -0.15) is 0 Å². The molecule has 1 aromatic heterocycles. The van der Waals surface area contributed by atoms with E-state index in [-0.39, 0.29) is 5.91 Å². The fourth-order valence-corrected chi connectivity index (χ4v) is 3.81. The number of carbonyl (C=O) groups excluding carboxylic acids is 2. The van der Waals surface area contributed by atoms with Gasteiger partial charge in [-0.1, -0.05) is 11.6 Å². The van der Waals surface area contributed by atoms with E-state index in [0.717, 1.165) is 22.6 Å². The maximum Gasteiger partial charge on any atom is 0.340 e. The number of esters is 1. The number of allylic oxidation sites excluding steroid dienone is 1. The Bertz CT molecular complexity index is 1010. The Morgan fingerprint density at radius 2 is 1.82 bits per heavy atom. The first kappa shape index (κ1) is 20.0. The van der Waals surface area contributed by atoms with E-state index in [0.29, 0.717) is 28.4 Å². The van der Waals surface area contributed by atoms with Gasteiger partial charge in [-0.3, -0.25) is 4.79 Å². The second-order valence-electron chi connectivity index (χ2n) is 6.70. The number of benzene rings is 1. The van der Waals surface area contributed by atoms with Crippen molar-refractivity contribution in [2.24, 2.45) is 0 Å². The van der Waals surface area contributed by atoms with Gasteiger partial charge in [-0.05, 0) is 69.7 Å². The number of ether oxygens (including phenoxy) is 1. The van der Waals surface area contributed by atoms with Crippen LogP contribution in [-0.4, -0.2) is 35.0 Å².